The van der Waals surface area contributed by atoms with Crippen LogP contribution in [0.5, 0.6) is 5.75 Å². The van der Waals surface area contributed by atoms with Crippen molar-refractivity contribution in [1.82, 2.24) is 0 Å². The van der Waals surface area contributed by atoms with E-state index in [0.717, 1.165) is 22.3 Å². The van der Waals surface area contributed by atoms with Crippen LogP contribution >= 0.6 is 0 Å². The summed E-state index contributed by atoms with van der Waals surface area (Å²) < 4.78 is 5.45. The smallest absolute Gasteiger partial charge is 0.196 e. The highest BCUT2D eigenvalue weighted by Gasteiger charge is 2.16. The summed E-state index contributed by atoms with van der Waals surface area (Å²) >= 11 is 0. The Labute approximate surface area is 165 Å². The van der Waals surface area contributed by atoms with Crippen molar-refractivity contribution in [1.29, 1.82) is 0 Å². The van der Waals surface area contributed by atoms with E-state index in [4.69, 9.17) is 4.74 Å². The van der Waals surface area contributed by atoms with E-state index in [1.807, 2.05) is 91.0 Å². The number of methoxy groups -OCH3 is 1. The molecule has 136 valence electrons. The van der Waals surface area contributed by atoms with Gasteiger partial charge in [-0.25, -0.2) is 0 Å². The maximum absolute atomic E-state index is 13.2. The molecule has 4 aromatic carbocycles. The van der Waals surface area contributed by atoms with E-state index in [9.17, 15) is 4.79 Å². The minimum atomic E-state index is -0.0470. The largest absolute Gasteiger partial charge is 0.496 e. The minimum absolute atomic E-state index is 0.0470. The van der Waals surface area contributed by atoms with Gasteiger partial charge in [-0.3, -0.25) is 4.79 Å². The molecule has 4 aromatic rings. The van der Waals surface area contributed by atoms with Crippen molar-refractivity contribution in [2.75, 3.05) is 7.11 Å². The fourth-order valence-corrected chi connectivity index (χ4v) is 3.30. The SMILES string of the molecule is COc1ccc(-c2ccccc2)cc1C(=O)c1ccc(-c2ccccc2)cc1. The molecule has 0 unspecified atom stereocenters. The van der Waals surface area contributed by atoms with Crippen molar-refractivity contribution in [2.24, 2.45) is 0 Å². The van der Waals surface area contributed by atoms with Crippen molar-refractivity contribution < 1.29 is 9.53 Å². The Balaban J connectivity index is 1.69. The number of ether oxygens (including phenoxy) is 1. The summed E-state index contributed by atoms with van der Waals surface area (Å²) in [7, 11) is 1.59. The van der Waals surface area contributed by atoms with Crippen LogP contribution in [0.4, 0.5) is 0 Å². The summed E-state index contributed by atoms with van der Waals surface area (Å²) in [5.74, 6) is 0.533. The molecule has 4 rings (SSSR count). The lowest BCUT2D eigenvalue weighted by Gasteiger charge is -2.11. The molecule has 0 spiro atoms. The lowest BCUT2D eigenvalue weighted by Crippen LogP contribution is -2.04. The van der Waals surface area contributed by atoms with Crippen LogP contribution in [0.3, 0.4) is 0 Å². The molecule has 0 aromatic heterocycles. The minimum Gasteiger partial charge on any atom is -0.496 e. The molecular formula is C26H20O2. The Hall–Kier alpha value is -3.65. The summed E-state index contributed by atoms with van der Waals surface area (Å²) in [6.45, 7) is 0. The first-order chi connectivity index (χ1) is 13.8. The number of carbonyl (C=O) groups is 1. The Morgan fingerprint density at radius 2 is 1.11 bits per heavy atom. The number of rotatable bonds is 5. The van der Waals surface area contributed by atoms with Gasteiger partial charge in [0.2, 0.25) is 0 Å². The molecule has 2 heteroatoms. The molecule has 28 heavy (non-hydrogen) atoms. The van der Waals surface area contributed by atoms with Crippen LogP contribution in [0.15, 0.2) is 103 Å². The predicted molar refractivity (Wildman–Crippen MR) is 114 cm³/mol. The van der Waals surface area contributed by atoms with Gasteiger partial charge in [-0.2, -0.15) is 0 Å². The van der Waals surface area contributed by atoms with Crippen molar-refractivity contribution in [3.05, 3.63) is 114 Å². The van der Waals surface area contributed by atoms with E-state index in [0.29, 0.717) is 16.9 Å². The van der Waals surface area contributed by atoms with Crippen LogP contribution in [0.1, 0.15) is 15.9 Å². The fourth-order valence-electron chi connectivity index (χ4n) is 3.30. The standard InChI is InChI=1S/C26H20O2/c1-28-25-17-16-23(20-10-6-3-7-11-20)18-24(25)26(27)22-14-12-21(13-15-22)19-8-4-2-5-9-19/h2-18H,1H3. The van der Waals surface area contributed by atoms with Crippen molar-refractivity contribution in [3.8, 4) is 28.0 Å². The molecule has 0 amide bonds. The molecule has 2 nitrogen and oxygen atoms in total. The number of benzene rings is 4. The Bertz CT molecular complexity index is 1080. The highest BCUT2D eigenvalue weighted by molar-refractivity contribution is 6.11. The molecule has 0 bridgehead atoms. The molecular weight excluding hydrogens is 344 g/mol. The molecule has 0 aliphatic carbocycles. The zero-order chi connectivity index (χ0) is 19.3. The molecule has 0 heterocycles. The zero-order valence-corrected chi connectivity index (χ0v) is 15.6. The van der Waals surface area contributed by atoms with E-state index in [1.165, 1.54) is 0 Å². The molecule has 0 aliphatic rings. The van der Waals surface area contributed by atoms with Gasteiger partial charge in [-0.15, -0.1) is 0 Å². The van der Waals surface area contributed by atoms with Crippen LogP contribution in [0.25, 0.3) is 22.3 Å². The molecule has 0 aliphatic heterocycles. The lowest BCUT2D eigenvalue weighted by atomic mass is 9.96. The summed E-state index contributed by atoms with van der Waals surface area (Å²) in [5, 5.41) is 0. The lowest BCUT2D eigenvalue weighted by molar-refractivity contribution is 0.103. The van der Waals surface area contributed by atoms with Gasteiger partial charge in [0, 0.05) is 5.56 Å². The Morgan fingerprint density at radius 1 is 0.607 bits per heavy atom. The van der Waals surface area contributed by atoms with Gasteiger partial charge < -0.3 is 4.74 Å². The quantitative estimate of drug-likeness (QED) is 0.391. The average Bonchev–Trinajstić information content (AvgIpc) is 2.79. The fraction of sp³-hybridized carbons (Fsp3) is 0.0385. The second kappa shape index (κ2) is 7.93. The second-order valence-corrected chi connectivity index (χ2v) is 6.55. The van der Waals surface area contributed by atoms with Gasteiger partial charge in [-0.1, -0.05) is 91.0 Å². The first-order valence-electron chi connectivity index (χ1n) is 9.20. The van der Waals surface area contributed by atoms with E-state index in [-0.39, 0.29) is 5.78 Å². The first kappa shape index (κ1) is 17.7. The molecule has 0 saturated carbocycles. The van der Waals surface area contributed by atoms with E-state index >= 15 is 0 Å². The summed E-state index contributed by atoms with van der Waals surface area (Å²) in [4.78, 5) is 13.2. The highest BCUT2D eigenvalue weighted by Crippen LogP contribution is 2.29. The van der Waals surface area contributed by atoms with Gasteiger partial charge in [0.25, 0.3) is 0 Å². The topological polar surface area (TPSA) is 26.3 Å². The third-order valence-electron chi connectivity index (χ3n) is 4.81. The number of ketones is 1. The summed E-state index contributed by atoms with van der Waals surface area (Å²) in [6.07, 6.45) is 0. The van der Waals surface area contributed by atoms with E-state index < -0.39 is 0 Å². The van der Waals surface area contributed by atoms with Crippen molar-refractivity contribution in [3.63, 3.8) is 0 Å². The Kier molecular flexibility index (Phi) is 5.03. The monoisotopic (exact) mass is 364 g/mol. The third kappa shape index (κ3) is 3.58. The van der Waals surface area contributed by atoms with Crippen LogP contribution in [0.2, 0.25) is 0 Å². The molecule has 0 saturated heterocycles. The van der Waals surface area contributed by atoms with E-state index in [1.54, 1.807) is 7.11 Å². The normalized spacial score (nSPS) is 10.5. The van der Waals surface area contributed by atoms with Gasteiger partial charge >= 0.3 is 0 Å². The van der Waals surface area contributed by atoms with Gasteiger partial charge in [-0.05, 0) is 34.4 Å². The molecule has 0 N–H and O–H groups in total. The van der Waals surface area contributed by atoms with Crippen molar-refractivity contribution >= 4 is 5.78 Å². The highest BCUT2D eigenvalue weighted by atomic mass is 16.5. The molecule has 0 radical (unpaired) electrons. The van der Waals surface area contributed by atoms with Crippen LogP contribution in [-0.2, 0) is 0 Å². The summed E-state index contributed by atoms with van der Waals surface area (Å²) in [6, 6.07) is 33.6. The van der Waals surface area contributed by atoms with Gasteiger partial charge in [0.1, 0.15) is 5.75 Å². The second-order valence-electron chi connectivity index (χ2n) is 6.55. The molecule has 0 fully saturated rings. The van der Waals surface area contributed by atoms with Crippen molar-refractivity contribution in [2.45, 2.75) is 0 Å². The van der Waals surface area contributed by atoms with E-state index in [2.05, 4.69) is 12.1 Å². The Morgan fingerprint density at radius 3 is 1.68 bits per heavy atom. The summed E-state index contributed by atoms with van der Waals surface area (Å²) in [5.41, 5.74) is 5.48. The maximum atomic E-state index is 13.2. The number of hydrogen-bond acceptors (Lipinski definition) is 2. The van der Waals surface area contributed by atoms with Gasteiger partial charge in [0.15, 0.2) is 5.78 Å². The first-order valence-corrected chi connectivity index (χ1v) is 9.20. The van der Waals surface area contributed by atoms with Gasteiger partial charge in [0.05, 0.1) is 12.7 Å². The third-order valence-corrected chi connectivity index (χ3v) is 4.81. The van der Waals surface area contributed by atoms with Crippen LogP contribution < -0.4 is 4.74 Å². The molecule has 0 atom stereocenters. The van der Waals surface area contributed by atoms with Crippen LogP contribution in [0, 0.1) is 0 Å². The number of hydrogen-bond donors (Lipinski definition) is 0. The van der Waals surface area contributed by atoms with Crippen LogP contribution in [-0.4, -0.2) is 12.9 Å². The zero-order valence-electron chi connectivity index (χ0n) is 15.6. The number of carbonyl (C=O) groups excluding carboxylic acids is 1. The predicted octanol–water partition coefficient (Wildman–Crippen LogP) is 6.26. The average molecular weight is 364 g/mol. The maximum Gasteiger partial charge on any atom is 0.196 e.